The summed E-state index contributed by atoms with van der Waals surface area (Å²) in [6, 6.07) is 56.3. The molecule has 0 atom stereocenters. The van der Waals surface area contributed by atoms with Gasteiger partial charge in [0, 0.05) is 32.5 Å². The number of imidazole rings is 1. The van der Waals surface area contributed by atoms with Crippen molar-refractivity contribution in [3.05, 3.63) is 192 Å². The third-order valence-electron chi connectivity index (χ3n) is 13.3. The summed E-state index contributed by atoms with van der Waals surface area (Å²) in [6.07, 6.45) is 1.91. The number of para-hydroxylation sites is 2. The maximum atomic E-state index is 8.12. The van der Waals surface area contributed by atoms with E-state index in [1.165, 1.54) is 22.3 Å². The van der Waals surface area contributed by atoms with Crippen molar-refractivity contribution < 1.29 is 25.2 Å². The topological polar surface area (TPSA) is 49.7 Å². The van der Waals surface area contributed by atoms with Gasteiger partial charge in [0.05, 0.1) is 11.0 Å². The van der Waals surface area contributed by atoms with Crippen molar-refractivity contribution in [1.29, 1.82) is 0 Å². The summed E-state index contributed by atoms with van der Waals surface area (Å²) >= 11 is 0. The number of hydrogen-bond acceptors (Lipinski definition) is 2. The minimum Gasteiger partial charge on any atom is -0.656 e. The van der Waals surface area contributed by atoms with Crippen molar-refractivity contribution in [2.45, 2.75) is 72.1 Å². The number of aryl methyl sites for hydroxylation is 1. The Morgan fingerprint density at radius 3 is 2.20 bits per heavy atom. The number of hydrogen-bond donors (Lipinski definition) is 0. The van der Waals surface area contributed by atoms with Gasteiger partial charge in [0.1, 0.15) is 11.6 Å². The Morgan fingerprint density at radius 2 is 1.43 bits per heavy atom. The van der Waals surface area contributed by atoms with Crippen molar-refractivity contribution in [2.75, 3.05) is 0 Å². The fourth-order valence-corrected chi connectivity index (χ4v) is 9.74. The van der Waals surface area contributed by atoms with Crippen LogP contribution in [0.2, 0.25) is 0 Å². The van der Waals surface area contributed by atoms with Gasteiger partial charge >= 0.3 is 21.1 Å². The zero-order valence-corrected chi connectivity index (χ0v) is 39.9. The van der Waals surface area contributed by atoms with Crippen LogP contribution in [-0.2, 0) is 31.9 Å². The van der Waals surface area contributed by atoms with Gasteiger partial charge in [-0.3, -0.25) is 4.57 Å². The second-order valence-corrected chi connectivity index (χ2v) is 19.0. The molecule has 4 aromatic heterocycles. The van der Waals surface area contributed by atoms with Gasteiger partial charge in [0.25, 0.3) is 0 Å². The predicted molar refractivity (Wildman–Crippen MR) is 267 cm³/mol. The van der Waals surface area contributed by atoms with Crippen molar-refractivity contribution >= 4 is 54.6 Å². The number of benzene rings is 7. The van der Waals surface area contributed by atoms with Crippen LogP contribution in [0, 0.1) is 12.9 Å². The quantitative estimate of drug-likeness (QED) is 0.150. The minimum atomic E-state index is -2.23. The van der Waals surface area contributed by atoms with Gasteiger partial charge in [0.2, 0.25) is 0 Å². The average molecular weight is 1030 g/mol. The number of nitrogens with zero attached hydrogens (tertiary/aromatic N) is 5. The zero-order chi connectivity index (χ0) is 46.6. The largest absolute Gasteiger partial charge is 2.00 e. The van der Waals surface area contributed by atoms with Crippen LogP contribution in [0.25, 0.3) is 88.7 Å². The molecular formula is C59H51N5Pt. The molecule has 0 aliphatic rings. The molecule has 0 radical (unpaired) electrons. The van der Waals surface area contributed by atoms with E-state index >= 15 is 0 Å². The minimum absolute atomic E-state index is 0. The Labute approximate surface area is 399 Å². The smallest absolute Gasteiger partial charge is 0.656 e. The number of rotatable bonds is 7. The van der Waals surface area contributed by atoms with Gasteiger partial charge < -0.3 is 9.55 Å². The second kappa shape index (κ2) is 15.9. The molecular weight excluding hydrogens is 974 g/mol. The normalized spacial score (nSPS) is 13.2. The molecule has 4 heterocycles. The molecule has 0 spiro atoms. The van der Waals surface area contributed by atoms with E-state index in [1.807, 2.05) is 18.3 Å². The number of aromatic nitrogens is 5. The van der Waals surface area contributed by atoms with Gasteiger partial charge in [0.15, 0.2) is 0 Å². The molecule has 0 aliphatic carbocycles. The number of pyridine rings is 1. The summed E-state index contributed by atoms with van der Waals surface area (Å²) in [4.78, 5) is 15.9. The first kappa shape index (κ1) is 38.9. The Kier molecular flexibility index (Phi) is 9.48. The molecule has 0 saturated heterocycles. The maximum absolute atomic E-state index is 8.12. The molecule has 0 aliphatic heterocycles. The van der Waals surface area contributed by atoms with E-state index in [9.17, 15) is 0 Å². The van der Waals surface area contributed by atoms with Gasteiger partial charge in [-0.25, -0.2) is 9.97 Å². The molecule has 0 bridgehead atoms. The van der Waals surface area contributed by atoms with Gasteiger partial charge in [-0.2, -0.15) is 0 Å². The first-order valence-electron chi connectivity index (χ1n) is 23.7. The van der Waals surface area contributed by atoms with Crippen LogP contribution >= 0.6 is 0 Å². The Balaban J connectivity index is 0.00000539. The summed E-state index contributed by atoms with van der Waals surface area (Å²) in [5, 5.41) is 4.45. The molecule has 0 N–H and O–H groups in total. The summed E-state index contributed by atoms with van der Waals surface area (Å²) in [5.41, 5.74) is 13.9. The maximum Gasteiger partial charge on any atom is 2.00 e. The molecule has 11 rings (SSSR count). The summed E-state index contributed by atoms with van der Waals surface area (Å²) in [7, 11) is 0. The fraction of sp³-hybridized carbons (Fsp3) is 0.186. The second-order valence-electron chi connectivity index (χ2n) is 19.0. The number of fused-ring (bicyclic) bond motifs is 7. The van der Waals surface area contributed by atoms with E-state index in [2.05, 4.69) is 191 Å². The van der Waals surface area contributed by atoms with Gasteiger partial charge in [-0.05, 0) is 98.5 Å². The Morgan fingerprint density at radius 1 is 0.662 bits per heavy atom. The van der Waals surface area contributed by atoms with Crippen molar-refractivity contribution in [1.82, 2.24) is 24.1 Å². The first-order valence-corrected chi connectivity index (χ1v) is 22.2. The summed E-state index contributed by atoms with van der Waals surface area (Å²) < 4.78 is 28.8. The first-order chi connectivity index (χ1) is 32.1. The third-order valence-corrected chi connectivity index (χ3v) is 13.3. The molecule has 0 fully saturated rings. The predicted octanol–water partition coefficient (Wildman–Crippen LogP) is 15.0. The molecule has 0 unspecified atom stereocenters. The molecule has 11 aromatic rings. The average Bonchev–Trinajstić information content (AvgIpc) is 4.01. The van der Waals surface area contributed by atoms with E-state index in [4.69, 9.17) is 19.1 Å². The molecule has 6 heteroatoms. The van der Waals surface area contributed by atoms with Crippen molar-refractivity contribution in [3.8, 4) is 34.0 Å². The Bertz CT molecular complexity index is 3720. The van der Waals surface area contributed by atoms with E-state index < -0.39 is 6.85 Å². The van der Waals surface area contributed by atoms with Gasteiger partial charge in [-0.1, -0.05) is 168 Å². The van der Waals surface area contributed by atoms with Crippen LogP contribution in [0.3, 0.4) is 0 Å². The van der Waals surface area contributed by atoms with E-state index in [-0.39, 0.29) is 37.5 Å². The van der Waals surface area contributed by atoms with Crippen LogP contribution in [0.15, 0.2) is 158 Å². The van der Waals surface area contributed by atoms with Crippen LogP contribution in [0.4, 0.5) is 0 Å². The molecule has 0 saturated carbocycles. The van der Waals surface area contributed by atoms with Crippen molar-refractivity contribution in [3.63, 3.8) is 0 Å². The van der Waals surface area contributed by atoms with E-state index in [0.29, 0.717) is 11.7 Å². The van der Waals surface area contributed by atoms with Crippen LogP contribution in [-0.4, -0.2) is 19.1 Å². The van der Waals surface area contributed by atoms with Crippen molar-refractivity contribution in [2.24, 2.45) is 0 Å². The van der Waals surface area contributed by atoms with Gasteiger partial charge in [-0.15, -0.1) is 34.8 Å². The molecule has 322 valence electrons. The zero-order valence-electron chi connectivity index (χ0n) is 40.6. The van der Waals surface area contributed by atoms with E-state index in [0.717, 1.165) is 82.8 Å². The molecule has 65 heavy (non-hydrogen) atoms. The van der Waals surface area contributed by atoms with Crippen LogP contribution in [0.5, 0.6) is 0 Å². The standard InChI is InChI=1S/C59H51N5.Pt/c1-36(2)38-31-32-60-53(34-38)64-50-30-26-41(59(7,8)40-15-10-9-11-16-40)35-47(50)44-29-25-39(33-52(44)64)43-17-13-22-51-56(43)62-57(63(51)42-27-23-37(3)24-28-42)46-19-12-18-45-54-48(58(4,5)6)20-14-21-49(54)61-55(45)46;/h9-32,34-36H,1-8H3;/q-2;+2/i3D3;. The summed E-state index contributed by atoms with van der Waals surface area (Å²) in [6.45, 7) is 13.5. The SMILES string of the molecule is [2H]C([2H])([2H])c1ccc(-n2c(-c3cccc4c3[n-]c3cccc(C(C)(C)C)c34)nc3c(-c4[c-]c5c(cc4)c4cc(C(C)(C)c6ccccc6)ccc4n5-c4cc(C(C)C)ccn4)cccc32)cc1.[Pt+2]. The molecule has 0 amide bonds. The molecule has 5 nitrogen and oxygen atoms in total. The Hall–Kier alpha value is -6.55. The summed E-state index contributed by atoms with van der Waals surface area (Å²) in [5.74, 6) is 1.89. The van der Waals surface area contributed by atoms with E-state index in [1.54, 1.807) is 12.1 Å². The fourth-order valence-electron chi connectivity index (χ4n) is 9.74. The molecule has 7 aromatic carbocycles. The monoisotopic (exact) mass is 1030 g/mol. The van der Waals surface area contributed by atoms with Crippen LogP contribution < -0.4 is 4.98 Å². The third kappa shape index (κ3) is 6.95. The van der Waals surface area contributed by atoms with Crippen LogP contribution in [0.1, 0.15) is 86.3 Å².